The van der Waals surface area contributed by atoms with Crippen LogP contribution in [-0.2, 0) is 9.22 Å². The number of furan rings is 1. The summed E-state index contributed by atoms with van der Waals surface area (Å²) in [6.07, 6.45) is 2.92. The third-order valence-corrected chi connectivity index (χ3v) is 8.45. The van der Waals surface area contributed by atoms with Crippen LogP contribution in [0.2, 0.25) is 18.1 Å². The van der Waals surface area contributed by atoms with E-state index in [1.165, 1.54) is 0 Å². The minimum absolute atomic E-state index is 0.116. The maximum absolute atomic E-state index is 10.7. The molecule has 1 rings (SSSR count). The summed E-state index contributed by atoms with van der Waals surface area (Å²) in [5, 5.41) is 8.88. The second kappa shape index (κ2) is 6.59. The van der Waals surface area contributed by atoms with Gasteiger partial charge in [0.05, 0.1) is 6.26 Å². The molecule has 0 spiro atoms. The SMILES string of the molecule is CC(C)(C)[Si](C)(C)OC(CCCC(=O)O)c1ccco1. The van der Waals surface area contributed by atoms with Crippen molar-refractivity contribution in [2.45, 2.75) is 64.3 Å². The van der Waals surface area contributed by atoms with Gasteiger partial charge in [0.15, 0.2) is 8.32 Å². The summed E-state index contributed by atoms with van der Waals surface area (Å²) in [5.41, 5.74) is 0. The van der Waals surface area contributed by atoms with Crippen LogP contribution in [0.4, 0.5) is 0 Å². The van der Waals surface area contributed by atoms with E-state index in [0.717, 1.165) is 5.76 Å². The Kier molecular flexibility index (Phi) is 5.59. The van der Waals surface area contributed by atoms with Gasteiger partial charge in [0.1, 0.15) is 11.9 Å². The highest BCUT2D eigenvalue weighted by atomic mass is 28.4. The Balaban J connectivity index is 2.76. The third kappa shape index (κ3) is 4.79. The number of aliphatic carboxylic acids is 1. The quantitative estimate of drug-likeness (QED) is 0.747. The molecule has 1 N–H and O–H groups in total. The molecule has 114 valence electrons. The predicted molar refractivity (Wildman–Crippen MR) is 81.2 cm³/mol. The normalized spacial score (nSPS) is 14.2. The molecule has 20 heavy (non-hydrogen) atoms. The molecule has 0 aromatic carbocycles. The van der Waals surface area contributed by atoms with E-state index >= 15 is 0 Å². The molecule has 0 fully saturated rings. The lowest BCUT2D eigenvalue weighted by molar-refractivity contribution is -0.137. The smallest absolute Gasteiger partial charge is 0.303 e. The van der Waals surface area contributed by atoms with Crippen molar-refractivity contribution in [1.29, 1.82) is 0 Å². The van der Waals surface area contributed by atoms with Gasteiger partial charge in [0.2, 0.25) is 0 Å². The van der Waals surface area contributed by atoms with Crippen LogP contribution in [0.15, 0.2) is 22.8 Å². The van der Waals surface area contributed by atoms with Crippen molar-refractivity contribution < 1.29 is 18.7 Å². The van der Waals surface area contributed by atoms with E-state index in [0.29, 0.717) is 12.8 Å². The average molecular weight is 298 g/mol. The van der Waals surface area contributed by atoms with Gasteiger partial charge in [0.25, 0.3) is 0 Å². The molecule has 0 aliphatic rings. The van der Waals surface area contributed by atoms with Crippen LogP contribution in [0.5, 0.6) is 0 Å². The minimum atomic E-state index is -1.91. The molecule has 1 aromatic heterocycles. The Bertz CT molecular complexity index is 418. The van der Waals surface area contributed by atoms with Crippen LogP contribution >= 0.6 is 0 Å². The summed E-state index contributed by atoms with van der Waals surface area (Å²) >= 11 is 0. The van der Waals surface area contributed by atoms with Crippen LogP contribution in [0.25, 0.3) is 0 Å². The van der Waals surface area contributed by atoms with Gasteiger partial charge in [-0.3, -0.25) is 4.79 Å². The molecule has 1 heterocycles. The first-order chi connectivity index (χ1) is 9.13. The first-order valence-corrected chi connectivity index (χ1v) is 9.97. The molecule has 0 saturated carbocycles. The van der Waals surface area contributed by atoms with Crippen molar-refractivity contribution in [2.75, 3.05) is 0 Å². The predicted octanol–water partition coefficient (Wildman–Crippen LogP) is 4.60. The van der Waals surface area contributed by atoms with E-state index in [-0.39, 0.29) is 17.6 Å². The van der Waals surface area contributed by atoms with E-state index in [1.54, 1.807) is 6.26 Å². The summed E-state index contributed by atoms with van der Waals surface area (Å²) in [6.45, 7) is 11.0. The Morgan fingerprint density at radius 3 is 2.55 bits per heavy atom. The van der Waals surface area contributed by atoms with Gasteiger partial charge in [-0.15, -0.1) is 0 Å². The van der Waals surface area contributed by atoms with Crippen molar-refractivity contribution in [3.8, 4) is 0 Å². The van der Waals surface area contributed by atoms with Gasteiger partial charge >= 0.3 is 5.97 Å². The van der Waals surface area contributed by atoms with Gasteiger partial charge in [-0.05, 0) is 43.1 Å². The lowest BCUT2D eigenvalue weighted by Crippen LogP contribution is -2.41. The van der Waals surface area contributed by atoms with Crippen LogP contribution < -0.4 is 0 Å². The van der Waals surface area contributed by atoms with E-state index in [1.807, 2.05) is 12.1 Å². The van der Waals surface area contributed by atoms with E-state index in [2.05, 4.69) is 33.9 Å². The molecular weight excluding hydrogens is 272 g/mol. The molecule has 0 bridgehead atoms. The zero-order valence-corrected chi connectivity index (χ0v) is 14.1. The maximum atomic E-state index is 10.7. The van der Waals surface area contributed by atoms with Gasteiger partial charge in [-0.2, -0.15) is 0 Å². The largest absolute Gasteiger partial charge is 0.481 e. The topological polar surface area (TPSA) is 59.7 Å². The summed E-state index contributed by atoms with van der Waals surface area (Å²) in [7, 11) is -1.91. The molecule has 1 aromatic rings. The Hall–Kier alpha value is -1.07. The first kappa shape index (κ1) is 17.0. The van der Waals surface area contributed by atoms with Crippen LogP contribution in [0, 0.1) is 0 Å². The maximum Gasteiger partial charge on any atom is 0.303 e. The lowest BCUT2D eigenvalue weighted by Gasteiger charge is -2.38. The highest BCUT2D eigenvalue weighted by molar-refractivity contribution is 6.74. The summed E-state index contributed by atoms with van der Waals surface area (Å²) in [5.74, 6) is 0.0238. The summed E-state index contributed by atoms with van der Waals surface area (Å²) < 4.78 is 11.8. The number of hydrogen-bond acceptors (Lipinski definition) is 3. The highest BCUT2D eigenvalue weighted by Crippen LogP contribution is 2.40. The van der Waals surface area contributed by atoms with Crippen molar-refractivity contribution in [3.63, 3.8) is 0 Å². The molecule has 0 aliphatic heterocycles. The molecule has 1 atom stereocenters. The number of carboxylic acids is 1. The van der Waals surface area contributed by atoms with Crippen molar-refractivity contribution in [1.82, 2.24) is 0 Å². The summed E-state index contributed by atoms with van der Waals surface area (Å²) in [4.78, 5) is 10.7. The third-order valence-electron chi connectivity index (χ3n) is 3.96. The van der Waals surface area contributed by atoms with Crippen LogP contribution in [0.3, 0.4) is 0 Å². The zero-order chi connectivity index (χ0) is 15.4. The van der Waals surface area contributed by atoms with E-state index < -0.39 is 14.3 Å². The highest BCUT2D eigenvalue weighted by Gasteiger charge is 2.39. The van der Waals surface area contributed by atoms with E-state index in [9.17, 15) is 4.79 Å². The van der Waals surface area contributed by atoms with Crippen LogP contribution in [0.1, 0.15) is 51.9 Å². The average Bonchev–Trinajstić information content (AvgIpc) is 2.78. The fourth-order valence-corrected chi connectivity index (χ4v) is 3.00. The second-order valence-electron chi connectivity index (χ2n) is 6.67. The lowest BCUT2D eigenvalue weighted by atomic mass is 10.1. The number of carboxylic acid groups (broad SMARTS) is 1. The Morgan fingerprint density at radius 1 is 1.45 bits per heavy atom. The van der Waals surface area contributed by atoms with Crippen molar-refractivity contribution in [2.24, 2.45) is 0 Å². The standard InChI is InChI=1S/C15H26O4Si/c1-15(2,3)20(4,5)19-13(8-6-10-14(16)17)12-9-7-11-18-12/h7,9,11,13H,6,8,10H2,1-5H3,(H,16,17). The van der Waals surface area contributed by atoms with Gasteiger partial charge in [-0.1, -0.05) is 20.8 Å². The fourth-order valence-electron chi connectivity index (χ4n) is 1.70. The number of rotatable bonds is 7. The molecule has 1 unspecified atom stereocenters. The Labute approximate surface area is 122 Å². The minimum Gasteiger partial charge on any atom is -0.481 e. The molecule has 0 amide bonds. The van der Waals surface area contributed by atoms with Crippen molar-refractivity contribution in [3.05, 3.63) is 24.2 Å². The molecule has 4 nitrogen and oxygen atoms in total. The molecule has 0 radical (unpaired) electrons. The fraction of sp³-hybridized carbons (Fsp3) is 0.667. The molecule has 0 aliphatic carbocycles. The Morgan fingerprint density at radius 2 is 2.10 bits per heavy atom. The first-order valence-electron chi connectivity index (χ1n) is 7.06. The van der Waals surface area contributed by atoms with Gasteiger partial charge < -0.3 is 13.9 Å². The van der Waals surface area contributed by atoms with E-state index in [4.69, 9.17) is 13.9 Å². The van der Waals surface area contributed by atoms with Crippen LogP contribution in [-0.4, -0.2) is 19.4 Å². The molecular formula is C15H26O4Si. The summed E-state index contributed by atoms with van der Waals surface area (Å²) in [6, 6.07) is 3.74. The van der Waals surface area contributed by atoms with Gasteiger partial charge in [0, 0.05) is 6.42 Å². The second-order valence-corrected chi connectivity index (χ2v) is 11.4. The number of carbonyl (C=O) groups is 1. The molecule has 5 heteroatoms. The zero-order valence-electron chi connectivity index (χ0n) is 13.1. The monoisotopic (exact) mass is 298 g/mol. The van der Waals surface area contributed by atoms with Crippen molar-refractivity contribution >= 4 is 14.3 Å². The number of hydrogen-bond donors (Lipinski definition) is 1. The molecule has 0 saturated heterocycles. The van der Waals surface area contributed by atoms with Gasteiger partial charge in [-0.25, -0.2) is 0 Å².